The van der Waals surface area contributed by atoms with Crippen molar-refractivity contribution in [1.29, 1.82) is 0 Å². The lowest BCUT2D eigenvalue weighted by molar-refractivity contribution is 0.104. The van der Waals surface area contributed by atoms with E-state index in [0.717, 1.165) is 11.3 Å². The van der Waals surface area contributed by atoms with Crippen LogP contribution in [-0.4, -0.2) is 10.9 Å². The van der Waals surface area contributed by atoms with Crippen LogP contribution in [0, 0.1) is 6.92 Å². The van der Waals surface area contributed by atoms with Crippen LogP contribution >= 0.6 is 0 Å². The molecule has 1 N–H and O–H groups in total. The smallest absolute Gasteiger partial charge is 0.187 e. The third-order valence-corrected chi connectivity index (χ3v) is 3.05. The summed E-state index contributed by atoms with van der Waals surface area (Å²) in [6.45, 7) is 8.14. The van der Waals surface area contributed by atoms with Gasteiger partial charge in [-0.1, -0.05) is 55.8 Å². The lowest BCUT2D eigenvalue weighted by atomic mass is 9.93. The number of ketones is 1. The summed E-state index contributed by atoms with van der Waals surface area (Å²) in [4.78, 5) is 11.9. The molecule has 2 aromatic rings. The van der Waals surface area contributed by atoms with Gasteiger partial charge < -0.3 is 9.84 Å². The second kappa shape index (κ2) is 5.95. The van der Waals surface area contributed by atoms with Crippen molar-refractivity contribution in [1.82, 2.24) is 5.16 Å². The Balaban J connectivity index is 1.97. The minimum absolute atomic E-state index is 0.0537. The molecule has 0 atom stereocenters. The van der Waals surface area contributed by atoms with E-state index in [1.165, 1.54) is 6.08 Å². The fourth-order valence-corrected chi connectivity index (χ4v) is 1.71. The highest BCUT2D eigenvalue weighted by Gasteiger charge is 2.19. The van der Waals surface area contributed by atoms with E-state index in [0.29, 0.717) is 11.4 Å². The van der Waals surface area contributed by atoms with E-state index in [1.54, 1.807) is 6.20 Å². The van der Waals surface area contributed by atoms with E-state index in [9.17, 15) is 4.79 Å². The van der Waals surface area contributed by atoms with E-state index in [2.05, 4.69) is 10.5 Å². The van der Waals surface area contributed by atoms with Gasteiger partial charge in [0, 0.05) is 29.3 Å². The maximum absolute atomic E-state index is 11.9. The number of nitrogens with zero attached hydrogens (tertiary/aromatic N) is 1. The van der Waals surface area contributed by atoms with E-state index in [4.69, 9.17) is 4.52 Å². The number of rotatable bonds is 4. The molecule has 0 unspecified atom stereocenters. The fourth-order valence-electron chi connectivity index (χ4n) is 1.71. The predicted molar refractivity (Wildman–Crippen MR) is 83.5 cm³/mol. The Bertz CT molecular complexity index is 646. The molecule has 1 aromatic carbocycles. The first kappa shape index (κ1) is 15.0. The number of aromatic nitrogens is 1. The van der Waals surface area contributed by atoms with Gasteiger partial charge in [0.05, 0.1) is 0 Å². The molecule has 0 saturated heterocycles. The third-order valence-electron chi connectivity index (χ3n) is 3.05. The van der Waals surface area contributed by atoms with Gasteiger partial charge in [0.15, 0.2) is 11.6 Å². The highest BCUT2D eigenvalue weighted by atomic mass is 16.5. The second-order valence-electron chi connectivity index (χ2n) is 6.03. The van der Waals surface area contributed by atoms with Gasteiger partial charge >= 0.3 is 0 Å². The average Bonchev–Trinajstić information content (AvgIpc) is 2.88. The van der Waals surface area contributed by atoms with Gasteiger partial charge in [-0.2, -0.15) is 0 Å². The molecule has 0 spiro atoms. The Morgan fingerprint density at radius 1 is 1.24 bits per heavy atom. The van der Waals surface area contributed by atoms with E-state index in [-0.39, 0.29) is 11.2 Å². The van der Waals surface area contributed by atoms with E-state index < -0.39 is 0 Å². The summed E-state index contributed by atoms with van der Waals surface area (Å²) in [5.74, 6) is 1.33. The van der Waals surface area contributed by atoms with E-state index in [1.807, 2.05) is 58.0 Å². The molecule has 0 aliphatic rings. The standard InChI is InChI=1S/C17H20N2O2/c1-12-5-7-13(8-6-12)14(20)9-10-18-16-11-15(21-19-16)17(2,3)4/h5-11H,1-4H3,(H,18,19). The molecular weight excluding hydrogens is 264 g/mol. The van der Waals surface area contributed by atoms with Crippen molar-refractivity contribution in [3.63, 3.8) is 0 Å². The van der Waals surface area contributed by atoms with Crippen LogP contribution in [0.15, 0.2) is 47.1 Å². The van der Waals surface area contributed by atoms with Crippen molar-refractivity contribution in [3.8, 4) is 0 Å². The average molecular weight is 284 g/mol. The number of hydrogen-bond acceptors (Lipinski definition) is 4. The number of carbonyl (C=O) groups is 1. The van der Waals surface area contributed by atoms with Crippen molar-refractivity contribution >= 4 is 11.6 Å². The van der Waals surface area contributed by atoms with Crippen LogP contribution in [0.4, 0.5) is 5.82 Å². The Morgan fingerprint density at radius 3 is 2.48 bits per heavy atom. The Kier molecular flexibility index (Phi) is 4.26. The SMILES string of the molecule is Cc1ccc(C(=O)C=CNc2cc(C(C)(C)C)on2)cc1. The molecule has 21 heavy (non-hydrogen) atoms. The molecule has 4 nitrogen and oxygen atoms in total. The minimum atomic E-state index is -0.0889. The Hall–Kier alpha value is -2.36. The largest absolute Gasteiger partial charge is 0.359 e. The molecule has 0 fully saturated rings. The quantitative estimate of drug-likeness (QED) is 0.678. The highest BCUT2D eigenvalue weighted by molar-refractivity contribution is 6.04. The Labute approximate surface area is 124 Å². The molecular formula is C17H20N2O2. The maximum Gasteiger partial charge on any atom is 0.187 e. The summed E-state index contributed by atoms with van der Waals surface area (Å²) in [6, 6.07) is 9.30. The van der Waals surface area contributed by atoms with Crippen molar-refractivity contribution in [2.45, 2.75) is 33.1 Å². The van der Waals surface area contributed by atoms with Gasteiger partial charge in [0.1, 0.15) is 5.76 Å². The molecule has 0 aliphatic carbocycles. The summed E-state index contributed by atoms with van der Waals surface area (Å²) < 4.78 is 5.25. The monoisotopic (exact) mass is 284 g/mol. The van der Waals surface area contributed by atoms with Gasteiger partial charge in [0.2, 0.25) is 0 Å². The van der Waals surface area contributed by atoms with Crippen LogP contribution in [0.5, 0.6) is 0 Å². The van der Waals surface area contributed by atoms with Crippen molar-refractivity contribution in [3.05, 3.63) is 59.5 Å². The molecule has 0 amide bonds. The fraction of sp³-hybridized carbons (Fsp3) is 0.294. The molecule has 110 valence electrons. The summed E-state index contributed by atoms with van der Waals surface area (Å²) in [6.07, 6.45) is 3.06. The zero-order chi connectivity index (χ0) is 15.5. The molecule has 0 bridgehead atoms. The van der Waals surface area contributed by atoms with Gasteiger partial charge in [0.25, 0.3) is 0 Å². The normalized spacial score (nSPS) is 11.8. The maximum atomic E-state index is 11.9. The lowest BCUT2D eigenvalue weighted by Gasteiger charge is -2.11. The Morgan fingerprint density at radius 2 is 1.90 bits per heavy atom. The molecule has 2 rings (SSSR count). The lowest BCUT2D eigenvalue weighted by Crippen LogP contribution is -2.09. The highest BCUT2D eigenvalue weighted by Crippen LogP contribution is 2.24. The minimum Gasteiger partial charge on any atom is -0.359 e. The van der Waals surface area contributed by atoms with Crippen molar-refractivity contribution in [2.75, 3.05) is 5.32 Å². The molecule has 1 heterocycles. The van der Waals surface area contributed by atoms with Crippen LogP contribution in [0.1, 0.15) is 42.5 Å². The first-order chi connectivity index (χ1) is 9.86. The van der Waals surface area contributed by atoms with Gasteiger partial charge in [-0.25, -0.2) is 0 Å². The number of nitrogens with one attached hydrogen (secondary N) is 1. The molecule has 1 aromatic heterocycles. The summed E-state index contributed by atoms with van der Waals surface area (Å²) in [5, 5.41) is 6.86. The zero-order valence-corrected chi connectivity index (χ0v) is 12.8. The molecule has 0 radical (unpaired) electrons. The van der Waals surface area contributed by atoms with Crippen LogP contribution in [0.2, 0.25) is 0 Å². The van der Waals surface area contributed by atoms with Gasteiger partial charge in [-0.15, -0.1) is 0 Å². The molecule has 0 aliphatic heterocycles. The number of allylic oxidation sites excluding steroid dienone is 1. The molecule has 0 saturated carbocycles. The van der Waals surface area contributed by atoms with Crippen molar-refractivity contribution in [2.24, 2.45) is 0 Å². The van der Waals surface area contributed by atoms with E-state index >= 15 is 0 Å². The van der Waals surface area contributed by atoms with Crippen LogP contribution < -0.4 is 5.32 Å². The first-order valence-corrected chi connectivity index (χ1v) is 6.87. The number of benzene rings is 1. The summed E-state index contributed by atoms with van der Waals surface area (Å²) >= 11 is 0. The van der Waals surface area contributed by atoms with Gasteiger partial charge in [-0.05, 0) is 6.92 Å². The predicted octanol–water partition coefficient (Wildman–Crippen LogP) is 4.09. The van der Waals surface area contributed by atoms with Crippen molar-refractivity contribution < 1.29 is 9.32 Å². The zero-order valence-electron chi connectivity index (χ0n) is 12.8. The molecule has 4 heteroatoms. The first-order valence-electron chi connectivity index (χ1n) is 6.87. The number of anilines is 1. The number of carbonyl (C=O) groups excluding carboxylic acids is 1. The topological polar surface area (TPSA) is 55.1 Å². The summed E-state index contributed by atoms with van der Waals surface area (Å²) in [7, 11) is 0. The summed E-state index contributed by atoms with van der Waals surface area (Å²) in [5.41, 5.74) is 1.70. The number of hydrogen-bond donors (Lipinski definition) is 1. The van der Waals surface area contributed by atoms with Crippen LogP contribution in [0.3, 0.4) is 0 Å². The third kappa shape index (κ3) is 4.05. The van der Waals surface area contributed by atoms with Crippen LogP contribution in [-0.2, 0) is 5.41 Å². The van der Waals surface area contributed by atoms with Crippen LogP contribution in [0.25, 0.3) is 0 Å². The van der Waals surface area contributed by atoms with Gasteiger partial charge in [-0.3, -0.25) is 4.79 Å². The number of aryl methyl sites for hydroxylation is 1. The second-order valence-corrected chi connectivity index (χ2v) is 6.03.